The van der Waals surface area contributed by atoms with Crippen molar-refractivity contribution in [3.05, 3.63) is 33.8 Å². The second kappa shape index (κ2) is 7.36. The summed E-state index contributed by atoms with van der Waals surface area (Å²) in [6.07, 6.45) is 0.234. The molecule has 0 radical (unpaired) electrons. The van der Waals surface area contributed by atoms with Crippen LogP contribution in [0.5, 0.6) is 0 Å². The molecular weight excluding hydrogens is 289 g/mol. The van der Waals surface area contributed by atoms with Crippen LogP contribution in [0.1, 0.15) is 19.4 Å². The van der Waals surface area contributed by atoms with Gasteiger partial charge in [-0.15, -0.1) is 0 Å². The number of nitrogens with one attached hydrogen (secondary N) is 1. The number of rotatable bonds is 5. The van der Waals surface area contributed by atoms with Crippen LogP contribution < -0.4 is 5.32 Å². The van der Waals surface area contributed by atoms with Crippen molar-refractivity contribution < 1.29 is 14.3 Å². The van der Waals surface area contributed by atoms with Crippen LogP contribution in [0.2, 0.25) is 10.0 Å². The van der Waals surface area contributed by atoms with Crippen molar-refractivity contribution in [2.45, 2.75) is 26.3 Å². The fraction of sp³-hybridized carbons (Fsp3) is 0.385. The molecular formula is C13H15Cl2NO3. The zero-order chi connectivity index (χ0) is 14.4. The van der Waals surface area contributed by atoms with Gasteiger partial charge in [0.1, 0.15) is 6.04 Å². The van der Waals surface area contributed by atoms with Gasteiger partial charge in [-0.25, -0.2) is 4.79 Å². The first-order valence-electron chi connectivity index (χ1n) is 5.81. The number of carbonyl (C=O) groups is 2. The molecule has 1 aromatic carbocycles. The number of hydrogen-bond acceptors (Lipinski definition) is 3. The highest BCUT2D eigenvalue weighted by Crippen LogP contribution is 2.22. The van der Waals surface area contributed by atoms with Crippen molar-refractivity contribution in [1.29, 1.82) is 0 Å². The average Bonchev–Trinajstić information content (AvgIpc) is 2.32. The lowest BCUT2D eigenvalue weighted by Crippen LogP contribution is -2.42. The summed E-state index contributed by atoms with van der Waals surface area (Å²) in [5.41, 5.74) is 0.681. The molecule has 0 fully saturated rings. The van der Waals surface area contributed by atoms with Crippen molar-refractivity contribution in [3.8, 4) is 0 Å². The van der Waals surface area contributed by atoms with Gasteiger partial charge in [0.05, 0.1) is 6.61 Å². The van der Waals surface area contributed by atoms with E-state index in [2.05, 4.69) is 5.32 Å². The third-order valence-electron chi connectivity index (χ3n) is 2.38. The number of esters is 1. The van der Waals surface area contributed by atoms with Crippen LogP contribution in [-0.2, 0) is 20.7 Å². The van der Waals surface area contributed by atoms with Gasteiger partial charge in [-0.1, -0.05) is 23.2 Å². The van der Waals surface area contributed by atoms with Crippen molar-refractivity contribution in [1.82, 2.24) is 5.32 Å². The van der Waals surface area contributed by atoms with E-state index in [0.717, 1.165) is 0 Å². The SMILES string of the molecule is CCOC(=O)[C@H](Cc1cc(Cl)ccc1Cl)NC(C)=O. The second-order valence-corrected chi connectivity index (χ2v) is 4.79. The first kappa shape index (κ1) is 15.8. The lowest BCUT2D eigenvalue weighted by atomic mass is 10.1. The van der Waals surface area contributed by atoms with Gasteiger partial charge in [-0.05, 0) is 30.7 Å². The van der Waals surface area contributed by atoms with Gasteiger partial charge in [-0.2, -0.15) is 0 Å². The normalized spacial score (nSPS) is 11.8. The molecule has 1 amide bonds. The van der Waals surface area contributed by atoms with Crippen LogP contribution in [0.15, 0.2) is 18.2 Å². The Hall–Kier alpha value is -1.26. The van der Waals surface area contributed by atoms with E-state index >= 15 is 0 Å². The summed E-state index contributed by atoms with van der Waals surface area (Å²) in [5, 5.41) is 3.55. The van der Waals surface area contributed by atoms with E-state index in [-0.39, 0.29) is 18.9 Å². The largest absolute Gasteiger partial charge is 0.464 e. The maximum Gasteiger partial charge on any atom is 0.328 e. The van der Waals surface area contributed by atoms with E-state index in [9.17, 15) is 9.59 Å². The summed E-state index contributed by atoms with van der Waals surface area (Å²) in [6, 6.07) is 4.20. The first-order valence-corrected chi connectivity index (χ1v) is 6.57. The minimum absolute atomic E-state index is 0.234. The number of halogens is 2. The van der Waals surface area contributed by atoms with E-state index in [1.807, 2.05) is 0 Å². The van der Waals surface area contributed by atoms with Gasteiger partial charge in [0.15, 0.2) is 0 Å². The van der Waals surface area contributed by atoms with Crippen molar-refractivity contribution in [2.75, 3.05) is 6.61 Å². The van der Waals surface area contributed by atoms with Crippen LogP contribution in [0.25, 0.3) is 0 Å². The quantitative estimate of drug-likeness (QED) is 0.851. The lowest BCUT2D eigenvalue weighted by Gasteiger charge is -2.17. The van der Waals surface area contributed by atoms with Crippen LogP contribution in [0, 0.1) is 0 Å². The number of hydrogen-bond donors (Lipinski definition) is 1. The molecule has 0 aromatic heterocycles. The Bertz CT molecular complexity index is 477. The fourth-order valence-corrected chi connectivity index (χ4v) is 1.99. The van der Waals surface area contributed by atoms with Gasteiger partial charge in [-0.3, -0.25) is 4.79 Å². The Morgan fingerprint density at radius 2 is 2.05 bits per heavy atom. The Morgan fingerprint density at radius 1 is 1.37 bits per heavy atom. The molecule has 0 unspecified atom stereocenters. The standard InChI is InChI=1S/C13H15Cl2NO3/c1-3-19-13(18)12(16-8(2)17)7-9-6-10(14)4-5-11(9)15/h4-6,12H,3,7H2,1-2H3,(H,16,17)/t12-/m0/s1. The molecule has 0 heterocycles. The maximum atomic E-state index is 11.8. The molecule has 1 rings (SSSR count). The molecule has 1 aromatic rings. The summed E-state index contributed by atoms with van der Waals surface area (Å²) in [5.74, 6) is -0.801. The smallest absolute Gasteiger partial charge is 0.328 e. The second-order valence-electron chi connectivity index (χ2n) is 3.95. The first-order chi connectivity index (χ1) is 8.93. The van der Waals surface area contributed by atoms with Gasteiger partial charge in [0, 0.05) is 23.4 Å². The topological polar surface area (TPSA) is 55.4 Å². The molecule has 0 bridgehead atoms. The predicted octanol–water partition coefficient (Wildman–Crippen LogP) is 2.60. The minimum atomic E-state index is -0.770. The van der Waals surface area contributed by atoms with Gasteiger partial charge >= 0.3 is 5.97 Å². The van der Waals surface area contributed by atoms with E-state index in [0.29, 0.717) is 15.6 Å². The van der Waals surface area contributed by atoms with Crippen LogP contribution in [0.4, 0.5) is 0 Å². The van der Waals surface area contributed by atoms with Crippen molar-refractivity contribution >= 4 is 35.1 Å². The highest BCUT2D eigenvalue weighted by molar-refractivity contribution is 6.33. The number of ether oxygens (including phenoxy) is 1. The third-order valence-corrected chi connectivity index (χ3v) is 2.98. The van der Waals surface area contributed by atoms with Crippen molar-refractivity contribution in [3.63, 3.8) is 0 Å². The lowest BCUT2D eigenvalue weighted by molar-refractivity contribution is -0.147. The molecule has 1 atom stereocenters. The molecule has 0 spiro atoms. The van der Waals surface area contributed by atoms with Crippen LogP contribution in [-0.4, -0.2) is 24.5 Å². The predicted molar refractivity (Wildman–Crippen MR) is 74.4 cm³/mol. The Labute approximate surface area is 122 Å². The average molecular weight is 304 g/mol. The molecule has 4 nitrogen and oxygen atoms in total. The highest BCUT2D eigenvalue weighted by Gasteiger charge is 2.22. The van der Waals surface area contributed by atoms with E-state index < -0.39 is 12.0 Å². The third kappa shape index (κ3) is 5.09. The molecule has 0 aliphatic rings. The molecule has 0 aliphatic heterocycles. The number of carbonyl (C=O) groups excluding carboxylic acids is 2. The summed E-state index contributed by atoms with van der Waals surface area (Å²) >= 11 is 11.9. The highest BCUT2D eigenvalue weighted by atomic mass is 35.5. The van der Waals surface area contributed by atoms with Crippen LogP contribution >= 0.6 is 23.2 Å². The monoisotopic (exact) mass is 303 g/mol. The summed E-state index contributed by atoms with van der Waals surface area (Å²) in [4.78, 5) is 22.9. The minimum Gasteiger partial charge on any atom is -0.464 e. The van der Waals surface area contributed by atoms with E-state index in [1.54, 1.807) is 25.1 Å². The molecule has 0 saturated carbocycles. The molecule has 0 saturated heterocycles. The maximum absolute atomic E-state index is 11.8. The van der Waals surface area contributed by atoms with Gasteiger partial charge in [0.25, 0.3) is 0 Å². The fourth-order valence-electron chi connectivity index (χ4n) is 1.60. The Balaban J connectivity index is 2.89. The number of benzene rings is 1. The molecule has 19 heavy (non-hydrogen) atoms. The summed E-state index contributed by atoms with van der Waals surface area (Å²) in [6.45, 7) is 3.29. The summed E-state index contributed by atoms with van der Waals surface area (Å²) < 4.78 is 4.92. The molecule has 0 aliphatic carbocycles. The Morgan fingerprint density at radius 3 is 2.63 bits per heavy atom. The number of amides is 1. The molecule has 104 valence electrons. The van der Waals surface area contributed by atoms with Gasteiger partial charge in [0.2, 0.25) is 5.91 Å². The van der Waals surface area contributed by atoms with E-state index in [4.69, 9.17) is 27.9 Å². The molecule has 1 N–H and O–H groups in total. The zero-order valence-electron chi connectivity index (χ0n) is 10.7. The van der Waals surface area contributed by atoms with Crippen LogP contribution in [0.3, 0.4) is 0 Å². The van der Waals surface area contributed by atoms with Crippen molar-refractivity contribution in [2.24, 2.45) is 0 Å². The van der Waals surface area contributed by atoms with Gasteiger partial charge < -0.3 is 10.1 Å². The van der Waals surface area contributed by atoms with E-state index in [1.165, 1.54) is 6.92 Å². The Kier molecular flexibility index (Phi) is 6.12. The summed E-state index contributed by atoms with van der Waals surface area (Å²) in [7, 11) is 0. The zero-order valence-corrected chi connectivity index (χ0v) is 12.2. The molecule has 6 heteroatoms.